The molecule has 0 atom stereocenters. The third-order valence-corrected chi connectivity index (χ3v) is 4.49. The number of carboxylic acids is 1. The van der Waals surface area contributed by atoms with E-state index in [-0.39, 0.29) is 37.3 Å². The topological polar surface area (TPSA) is 80.0 Å². The van der Waals surface area contributed by atoms with E-state index in [1.807, 2.05) is 0 Å². The maximum atomic E-state index is 15.3. The molecule has 25 heavy (non-hydrogen) atoms. The average Bonchev–Trinajstić information content (AvgIpc) is 3.12. The molecule has 1 aliphatic heterocycles. The second-order valence-electron chi connectivity index (χ2n) is 5.99. The van der Waals surface area contributed by atoms with Gasteiger partial charge in [0.05, 0.1) is 12.7 Å². The SMILES string of the molecule is COc1cccc(C2(F)CCN(C(=O)c3cc(C(=O)O)co3)CC2)c1. The highest BCUT2D eigenvalue weighted by molar-refractivity contribution is 5.95. The molecule has 0 bridgehead atoms. The highest BCUT2D eigenvalue weighted by atomic mass is 19.1. The summed E-state index contributed by atoms with van der Waals surface area (Å²) in [5.74, 6) is -1.06. The monoisotopic (exact) mass is 347 g/mol. The molecule has 1 N–H and O–H groups in total. The minimum Gasteiger partial charge on any atom is -0.497 e. The van der Waals surface area contributed by atoms with E-state index in [1.54, 1.807) is 24.3 Å². The fourth-order valence-electron chi connectivity index (χ4n) is 2.97. The molecule has 1 amide bonds. The fraction of sp³-hybridized carbons (Fsp3) is 0.333. The quantitative estimate of drug-likeness (QED) is 0.919. The van der Waals surface area contributed by atoms with Crippen molar-refractivity contribution >= 4 is 11.9 Å². The van der Waals surface area contributed by atoms with Gasteiger partial charge in [-0.25, -0.2) is 9.18 Å². The van der Waals surface area contributed by atoms with Gasteiger partial charge in [0.2, 0.25) is 0 Å². The summed E-state index contributed by atoms with van der Waals surface area (Å²) in [4.78, 5) is 24.7. The summed E-state index contributed by atoms with van der Waals surface area (Å²) in [6.45, 7) is 0.436. The van der Waals surface area contributed by atoms with Crippen molar-refractivity contribution in [2.45, 2.75) is 18.5 Å². The van der Waals surface area contributed by atoms with Crippen LogP contribution in [0.1, 0.15) is 39.3 Å². The molecule has 0 spiro atoms. The normalized spacial score (nSPS) is 16.5. The van der Waals surface area contributed by atoms with Crippen LogP contribution in [-0.4, -0.2) is 42.1 Å². The largest absolute Gasteiger partial charge is 0.497 e. The zero-order valence-corrected chi connectivity index (χ0v) is 13.7. The van der Waals surface area contributed by atoms with Gasteiger partial charge in [-0.2, -0.15) is 0 Å². The number of benzene rings is 1. The Balaban J connectivity index is 1.69. The summed E-state index contributed by atoms with van der Waals surface area (Å²) in [5.41, 5.74) is -1.08. The number of ether oxygens (including phenoxy) is 1. The number of carboxylic acid groups (broad SMARTS) is 1. The van der Waals surface area contributed by atoms with E-state index in [2.05, 4.69) is 0 Å². The predicted molar refractivity (Wildman–Crippen MR) is 86.6 cm³/mol. The molecule has 3 rings (SSSR count). The van der Waals surface area contributed by atoms with E-state index in [0.29, 0.717) is 11.3 Å². The fourth-order valence-corrected chi connectivity index (χ4v) is 2.97. The van der Waals surface area contributed by atoms with Crippen molar-refractivity contribution in [3.05, 3.63) is 53.5 Å². The number of nitrogens with zero attached hydrogens (tertiary/aromatic N) is 1. The zero-order chi connectivity index (χ0) is 18.0. The number of halogens is 1. The maximum absolute atomic E-state index is 15.3. The van der Waals surface area contributed by atoms with Gasteiger partial charge in [-0.15, -0.1) is 0 Å². The third-order valence-electron chi connectivity index (χ3n) is 4.49. The number of carbonyl (C=O) groups excluding carboxylic acids is 1. The molecule has 2 heterocycles. The van der Waals surface area contributed by atoms with Crippen molar-refractivity contribution in [1.29, 1.82) is 0 Å². The minimum atomic E-state index is -1.53. The number of carbonyl (C=O) groups is 2. The summed E-state index contributed by atoms with van der Waals surface area (Å²) in [6, 6.07) is 8.06. The first-order valence-corrected chi connectivity index (χ1v) is 7.87. The molecule has 132 valence electrons. The van der Waals surface area contributed by atoms with E-state index >= 15 is 4.39 Å². The number of aromatic carboxylic acids is 1. The van der Waals surface area contributed by atoms with Crippen LogP contribution in [0.2, 0.25) is 0 Å². The van der Waals surface area contributed by atoms with Crippen molar-refractivity contribution in [1.82, 2.24) is 4.90 Å². The molecule has 7 heteroatoms. The Bertz CT molecular complexity index is 792. The number of rotatable bonds is 4. The Kier molecular flexibility index (Phi) is 4.48. The van der Waals surface area contributed by atoms with Crippen molar-refractivity contribution < 1.29 is 28.2 Å². The van der Waals surface area contributed by atoms with Crippen LogP contribution in [-0.2, 0) is 5.67 Å². The van der Waals surface area contributed by atoms with Crippen molar-refractivity contribution in [3.8, 4) is 5.75 Å². The lowest BCUT2D eigenvalue weighted by Crippen LogP contribution is -2.43. The van der Waals surface area contributed by atoms with Gasteiger partial charge in [-0.3, -0.25) is 4.79 Å². The van der Waals surface area contributed by atoms with Crippen LogP contribution in [0.4, 0.5) is 4.39 Å². The van der Waals surface area contributed by atoms with Gasteiger partial charge in [0.25, 0.3) is 5.91 Å². The van der Waals surface area contributed by atoms with E-state index in [1.165, 1.54) is 18.1 Å². The van der Waals surface area contributed by atoms with Crippen molar-refractivity contribution in [3.63, 3.8) is 0 Å². The van der Waals surface area contributed by atoms with E-state index < -0.39 is 17.5 Å². The highest BCUT2D eigenvalue weighted by Gasteiger charge is 2.38. The molecular formula is C18H18FNO5. The molecule has 0 aliphatic carbocycles. The van der Waals surface area contributed by atoms with Crippen LogP contribution < -0.4 is 4.74 Å². The first kappa shape index (κ1) is 17.0. The lowest BCUT2D eigenvalue weighted by atomic mass is 9.86. The van der Waals surface area contributed by atoms with Gasteiger partial charge < -0.3 is 19.2 Å². The van der Waals surface area contributed by atoms with Gasteiger partial charge in [-0.05, 0) is 17.7 Å². The zero-order valence-electron chi connectivity index (χ0n) is 13.7. The molecule has 1 fully saturated rings. The van der Waals surface area contributed by atoms with E-state index in [0.717, 1.165) is 6.26 Å². The number of alkyl halides is 1. The predicted octanol–water partition coefficient (Wildman–Crippen LogP) is 3.09. The molecule has 1 aromatic carbocycles. The van der Waals surface area contributed by atoms with E-state index in [9.17, 15) is 9.59 Å². The summed E-state index contributed by atoms with van der Waals surface area (Å²) in [5, 5.41) is 8.88. The lowest BCUT2D eigenvalue weighted by Gasteiger charge is -2.36. The number of piperidine rings is 1. The Morgan fingerprint density at radius 3 is 2.60 bits per heavy atom. The third kappa shape index (κ3) is 3.35. The highest BCUT2D eigenvalue weighted by Crippen LogP contribution is 2.38. The van der Waals surface area contributed by atoms with Crippen molar-refractivity contribution in [2.75, 3.05) is 20.2 Å². The Labute approximate surface area is 143 Å². The van der Waals surface area contributed by atoms with Gasteiger partial charge in [-0.1, -0.05) is 12.1 Å². The lowest BCUT2D eigenvalue weighted by molar-refractivity contribution is 0.0397. The summed E-state index contributed by atoms with van der Waals surface area (Å²) in [7, 11) is 1.53. The van der Waals surface area contributed by atoms with Crippen molar-refractivity contribution in [2.24, 2.45) is 0 Å². The molecule has 6 nitrogen and oxygen atoms in total. The maximum Gasteiger partial charge on any atom is 0.338 e. The standard InChI is InChI=1S/C18H18FNO5/c1-24-14-4-2-3-13(10-14)18(19)5-7-20(8-6-18)16(21)15-9-12(11-25-15)17(22)23/h2-4,9-11H,5-8H2,1H3,(H,22,23). The Morgan fingerprint density at radius 1 is 1.28 bits per heavy atom. The minimum absolute atomic E-state index is 0.0508. The molecule has 1 aliphatic rings. The van der Waals surface area contributed by atoms with Gasteiger partial charge >= 0.3 is 5.97 Å². The number of methoxy groups -OCH3 is 1. The molecule has 2 aromatic rings. The first-order chi connectivity index (χ1) is 11.9. The molecule has 0 saturated carbocycles. The molecule has 1 saturated heterocycles. The average molecular weight is 347 g/mol. The second-order valence-corrected chi connectivity index (χ2v) is 5.99. The number of likely N-dealkylation sites (tertiary alicyclic amines) is 1. The molecule has 0 unspecified atom stereocenters. The number of furan rings is 1. The van der Waals surface area contributed by atoms with Gasteiger partial charge in [0, 0.05) is 32.0 Å². The van der Waals surface area contributed by atoms with Crippen LogP contribution in [0.15, 0.2) is 41.0 Å². The first-order valence-electron chi connectivity index (χ1n) is 7.87. The second kappa shape index (κ2) is 6.58. The van der Waals surface area contributed by atoms with Crippen LogP contribution in [0, 0.1) is 0 Å². The smallest absolute Gasteiger partial charge is 0.338 e. The van der Waals surface area contributed by atoms with Crippen LogP contribution in [0.5, 0.6) is 5.75 Å². The summed E-state index contributed by atoms with van der Waals surface area (Å²) >= 11 is 0. The van der Waals surface area contributed by atoms with Gasteiger partial charge in [0.1, 0.15) is 17.7 Å². The van der Waals surface area contributed by atoms with Crippen LogP contribution >= 0.6 is 0 Å². The molecule has 0 radical (unpaired) electrons. The summed E-state index contributed by atoms with van der Waals surface area (Å²) < 4.78 is 25.4. The number of hydrogen-bond acceptors (Lipinski definition) is 4. The van der Waals surface area contributed by atoms with Crippen LogP contribution in [0.25, 0.3) is 0 Å². The number of hydrogen-bond donors (Lipinski definition) is 1. The Hall–Kier alpha value is -2.83. The van der Waals surface area contributed by atoms with E-state index in [4.69, 9.17) is 14.3 Å². The number of amides is 1. The Morgan fingerprint density at radius 2 is 2.00 bits per heavy atom. The summed E-state index contributed by atoms with van der Waals surface area (Å²) in [6.07, 6.45) is 1.33. The molecular weight excluding hydrogens is 329 g/mol. The van der Waals surface area contributed by atoms with Crippen LogP contribution in [0.3, 0.4) is 0 Å². The molecule has 1 aromatic heterocycles. The van der Waals surface area contributed by atoms with Gasteiger partial charge in [0.15, 0.2) is 5.76 Å².